The molecule has 3 heteroatoms. The van der Waals surface area contributed by atoms with E-state index in [0.29, 0.717) is 12.4 Å². The highest BCUT2D eigenvalue weighted by Crippen LogP contribution is 2.42. The van der Waals surface area contributed by atoms with Crippen LogP contribution >= 0.6 is 0 Å². The largest absolute Gasteiger partial charge is 0.507 e. The third-order valence-corrected chi connectivity index (χ3v) is 3.76. The van der Waals surface area contributed by atoms with Crippen molar-refractivity contribution >= 4 is 0 Å². The first-order valence-corrected chi connectivity index (χ1v) is 7.29. The van der Waals surface area contributed by atoms with Crippen LogP contribution < -0.4 is 4.74 Å². The van der Waals surface area contributed by atoms with Crippen molar-refractivity contribution in [3.05, 3.63) is 47.6 Å². The zero-order valence-corrected chi connectivity index (χ0v) is 12.4. The second kappa shape index (κ2) is 6.99. The number of allylic oxidation sites excluding steroid dienone is 2. The van der Waals surface area contributed by atoms with Crippen LogP contribution in [0, 0.1) is 11.3 Å². The number of nitriles is 1. The number of ether oxygens (including phenoxy) is 1. The maximum absolute atomic E-state index is 10.4. The van der Waals surface area contributed by atoms with Crippen LogP contribution in [0.2, 0.25) is 0 Å². The van der Waals surface area contributed by atoms with Crippen molar-refractivity contribution in [3.63, 3.8) is 0 Å². The second-order valence-corrected chi connectivity index (χ2v) is 5.47. The van der Waals surface area contributed by atoms with Crippen molar-refractivity contribution in [1.82, 2.24) is 0 Å². The summed E-state index contributed by atoms with van der Waals surface area (Å²) in [7, 11) is 0. The van der Waals surface area contributed by atoms with Crippen LogP contribution in [0.25, 0.3) is 0 Å². The minimum absolute atomic E-state index is 0.176. The van der Waals surface area contributed by atoms with Crippen molar-refractivity contribution < 1.29 is 9.84 Å². The molecular weight excluding hydrogens is 262 g/mol. The third kappa shape index (κ3) is 3.66. The fraction of sp³-hybridized carbons (Fsp3) is 0.389. The zero-order chi connectivity index (χ0) is 15.2. The van der Waals surface area contributed by atoms with Crippen LogP contribution in [-0.2, 0) is 6.42 Å². The number of aromatic hydroxyl groups is 1. The Balaban J connectivity index is 2.44. The number of phenols is 1. The molecule has 0 aliphatic heterocycles. The van der Waals surface area contributed by atoms with Gasteiger partial charge in [-0.3, -0.25) is 0 Å². The molecule has 0 saturated carbocycles. The number of nitrogens with zero attached hydrogens (tertiary/aromatic N) is 1. The summed E-state index contributed by atoms with van der Waals surface area (Å²) in [6, 6.07) is 5.64. The number of phenolic OH excluding ortho intramolecular Hbond substituents is 1. The summed E-state index contributed by atoms with van der Waals surface area (Å²) < 4.78 is 5.73. The Bertz CT molecular complexity index is 596. The molecule has 0 amide bonds. The van der Waals surface area contributed by atoms with E-state index in [1.165, 1.54) is 5.57 Å². The number of hydrogen-bond donors (Lipinski definition) is 1. The third-order valence-electron chi connectivity index (χ3n) is 3.76. The molecular formula is C18H21NO2. The molecule has 1 aromatic rings. The van der Waals surface area contributed by atoms with E-state index < -0.39 is 0 Å². The van der Waals surface area contributed by atoms with Gasteiger partial charge in [0, 0.05) is 11.5 Å². The molecule has 1 N–H and O–H groups in total. The molecule has 0 unspecified atom stereocenters. The van der Waals surface area contributed by atoms with Crippen LogP contribution in [0.5, 0.6) is 11.5 Å². The van der Waals surface area contributed by atoms with Crippen molar-refractivity contribution in [2.24, 2.45) is 0 Å². The van der Waals surface area contributed by atoms with Crippen molar-refractivity contribution in [3.8, 4) is 17.6 Å². The van der Waals surface area contributed by atoms with Gasteiger partial charge in [-0.1, -0.05) is 24.3 Å². The topological polar surface area (TPSA) is 53.2 Å². The molecule has 2 rings (SSSR count). The van der Waals surface area contributed by atoms with E-state index in [1.807, 2.05) is 6.07 Å². The van der Waals surface area contributed by atoms with E-state index in [1.54, 1.807) is 12.1 Å². The molecule has 0 bridgehead atoms. The Hall–Kier alpha value is -2.21. The van der Waals surface area contributed by atoms with Gasteiger partial charge in [-0.05, 0) is 43.9 Å². The standard InChI is InChI=1S/C18H21NO2/c1-3-9-21-17-12-14(7-8-19)11-16(20)18(17)15-6-4-5-13(2)10-15/h3,10-12,15,20H,1,4-7,9H2,2H3/t15-/m0/s1. The highest BCUT2D eigenvalue weighted by atomic mass is 16.5. The van der Waals surface area contributed by atoms with Gasteiger partial charge >= 0.3 is 0 Å². The molecule has 3 nitrogen and oxygen atoms in total. The van der Waals surface area contributed by atoms with Gasteiger partial charge in [-0.25, -0.2) is 0 Å². The van der Waals surface area contributed by atoms with Crippen LogP contribution in [0.15, 0.2) is 36.4 Å². The molecule has 0 fully saturated rings. The summed E-state index contributed by atoms with van der Waals surface area (Å²) in [6.45, 7) is 6.17. The monoisotopic (exact) mass is 283 g/mol. The first-order valence-electron chi connectivity index (χ1n) is 7.29. The zero-order valence-electron chi connectivity index (χ0n) is 12.4. The highest BCUT2D eigenvalue weighted by Gasteiger charge is 2.22. The Morgan fingerprint density at radius 2 is 2.33 bits per heavy atom. The van der Waals surface area contributed by atoms with E-state index in [0.717, 1.165) is 30.4 Å². The highest BCUT2D eigenvalue weighted by molar-refractivity contribution is 5.52. The lowest BCUT2D eigenvalue weighted by Crippen LogP contribution is -2.07. The summed E-state index contributed by atoms with van der Waals surface area (Å²) in [4.78, 5) is 0. The van der Waals surface area contributed by atoms with Crippen LogP contribution in [0.3, 0.4) is 0 Å². The van der Waals surface area contributed by atoms with Gasteiger partial charge in [0.25, 0.3) is 0 Å². The average Bonchev–Trinajstić information content (AvgIpc) is 2.45. The van der Waals surface area contributed by atoms with Gasteiger partial charge in [0.1, 0.15) is 18.1 Å². The lowest BCUT2D eigenvalue weighted by Gasteiger charge is -2.23. The van der Waals surface area contributed by atoms with Gasteiger partial charge in [0.2, 0.25) is 0 Å². The lowest BCUT2D eigenvalue weighted by atomic mass is 9.84. The van der Waals surface area contributed by atoms with Crippen molar-refractivity contribution in [2.45, 2.75) is 38.5 Å². The first-order chi connectivity index (χ1) is 10.2. The summed E-state index contributed by atoms with van der Waals surface area (Å²) >= 11 is 0. The van der Waals surface area contributed by atoms with Gasteiger partial charge in [-0.15, -0.1) is 0 Å². The maximum atomic E-state index is 10.4. The fourth-order valence-corrected chi connectivity index (χ4v) is 2.84. The average molecular weight is 283 g/mol. The number of hydrogen-bond acceptors (Lipinski definition) is 3. The minimum Gasteiger partial charge on any atom is -0.507 e. The normalized spacial score (nSPS) is 17.7. The minimum atomic E-state index is 0.176. The summed E-state index contributed by atoms with van der Waals surface area (Å²) in [6.07, 6.45) is 7.40. The lowest BCUT2D eigenvalue weighted by molar-refractivity contribution is 0.350. The molecule has 1 aromatic carbocycles. The van der Waals surface area contributed by atoms with Crippen LogP contribution in [-0.4, -0.2) is 11.7 Å². The van der Waals surface area contributed by atoms with E-state index >= 15 is 0 Å². The summed E-state index contributed by atoms with van der Waals surface area (Å²) in [5.41, 5.74) is 2.95. The molecule has 1 atom stereocenters. The number of rotatable bonds is 5. The van der Waals surface area contributed by atoms with Crippen LogP contribution in [0.1, 0.15) is 43.2 Å². The molecule has 0 spiro atoms. The molecule has 0 radical (unpaired) electrons. The van der Waals surface area contributed by atoms with Gasteiger partial charge < -0.3 is 9.84 Å². The fourth-order valence-electron chi connectivity index (χ4n) is 2.84. The Kier molecular flexibility index (Phi) is 5.05. The van der Waals surface area contributed by atoms with Gasteiger partial charge in [0.15, 0.2) is 0 Å². The quantitative estimate of drug-likeness (QED) is 0.822. The molecule has 21 heavy (non-hydrogen) atoms. The molecule has 110 valence electrons. The molecule has 0 heterocycles. The first kappa shape index (κ1) is 15.2. The SMILES string of the molecule is C=CCOc1cc(CC#N)cc(O)c1[C@@H]1C=C(C)CCC1. The van der Waals surface area contributed by atoms with Crippen LogP contribution in [0.4, 0.5) is 0 Å². The summed E-state index contributed by atoms with van der Waals surface area (Å²) in [5.74, 6) is 1.06. The van der Waals surface area contributed by atoms with E-state index in [-0.39, 0.29) is 18.1 Å². The van der Waals surface area contributed by atoms with Crippen molar-refractivity contribution in [1.29, 1.82) is 5.26 Å². The van der Waals surface area contributed by atoms with E-state index in [4.69, 9.17) is 10.00 Å². The maximum Gasteiger partial charge on any atom is 0.127 e. The number of benzene rings is 1. The van der Waals surface area contributed by atoms with Gasteiger partial charge in [-0.2, -0.15) is 5.26 Å². The molecule has 0 aromatic heterocycles. The van der Waals surface area contributed by atoms with E-state index in [9.17, 15) is 5.11 Å². The molecule has 1 aliphatic carbocycles. The summed E-state index contributed by atoms with van der Waals surface area (Å²) in [5, 5.41) is 19.2. The van der Waals surface area contributed by atoms with E-state index in [2.05, 4.69) is 25.6 Å². The Labute approximate surface area is 126 Å². The van der Waals surface area contributed by atoms with Crippen molar-refractivity contribution in [2.75, 3.05) is 6.61 Å². The molecule has 1 aliphatic rings. The predicted octanol–water partition coefficient (Wildman–Crippen LogP) is 4.24. The smallest absolute Gasteiger partial charge is 0.127 e. The van der Waals surface area contributed by atoms with Gasteiger partial charge in [0.05, 0.1) is 12.5 Å². The molecule has 0 saturated heterocycles. The Morgan fingerprint density at radius 1 is 1.52 bits per heavy atom. The Morgan fingerprint density at radius 3 is 3.00 bits per heavy atom. The second-order valence-electron chi connectivity index (χ2n) is 5.47. The predicted molar refractivity (Wildman–Crippen MR) is 83.5 cm³/mol.